The highest BCUT2D eigenvalue weighted by Crippen LogP contribution is 2.37. The maximum atomic E-state index is 4.45. The molecule has 0 amide bonds. The summed E-state index contributed by atoms with van der Waals surface area (Å²) in [5, 5.41) is 0. The van der Waals surface area contributed by atoms with Crippen molar-refractivity contribution in [3.63, 3.8) is 0 Å². The van der Waals surface area contributed by atoms with Gasteiger partial charge in [0.1, 0.15) is 5.69 Å². The van der Waals surface area contributed by atoms with Gasteiger partial charge in [0, 0.05) is 11.8 Å². The fourth-order valence-corrected chi connectivity index (χ4v) is 4.10. The molecule has 1 fully saturated rings. The molecule has 3 rings (SSSR count). The molecular weight excluding hydrogens is 314 g/mol. The summed E-state index contributed by atoms with van der Waals surface area (Å²) in [7, 11) is 0. The van der Waals surface area contributed by atoms with E-state index in [9.17, 15) is 0 Å². The van der Waals surface area contributed by atoms with Gasteiger partial charge in [0.05, 0.1) is 0 Å². The summed E-state index contributed by atoms with van der Waals surface area (Å²) in [5.41, 5.74) is 4.71. The van der Waals surface area contributed by atoms with Gasteiger partial charge >= 0.3 is 0 Å². The molecule has 1 nitrogen and oxygen atoms in total. The van der Waals surface area contributed by atoms with E-state index >= 15 is 0 Å². The molecule has 0 saturated heterocycles. The first-order chi connectivity index (χ1) is 12.8. The summed E-state index contributed by atoms with van der Waals surface area (Å²) < 4.78 is 0. The zero-order valence-corrected chi connectivity index (χ0v) is 16.3. The number of aryl methyl sites for hydroxylation is 1. The van der Waals surface area contributed by atoms with E-state index in [1.807, 2.05) is 12.3 Å². The number of pyridine rings is 1. The van der Waals surface area contributed by atoms with Crippen molar-refractivity contribution in [2.45, 2.75) is 71.1 Å². The molecular formula is C25H31N. The normalized spacial score (nSPS) is 19.6. The van der Waals surface area contributed by atoms with Crippen molar-refractivity contribution in [1.29, 1.82) is 0 Å². The molecule has 2 aromatic rings. The first-order valence-electron chi connectivity index (χ1n) is 10.4. The van der Waals surface area contributed by atoms with Gasteiger partial charge in [-0.15, -0.1) is 0 Å². The van der Waals surface area contributed by atoms with Gasteiger partial charge in [-0.3, -0.25) is 0 Å². The Hall–Kier alpha value is -2.07. The van der Waals surface area contributed by atoms with Crippen LogP contribution in [-0.2, 0) is 6.42 Å². The van der Waals surface area contributed by atoms with Crippen LogP contribution in [0.1, 0.15) is 87.1 Å². The number of rotatable bonds is 5. The fraction of sp³-hybridized carbons (Fsp3) is 0.480. The van der Waals surface area contributed by atoms with E-state index < -0.39 is 0 Å². The summed E-state index contributed by atoms with van der Waals surface area (Å²) in [5.74, 6) is 8.16. The third kappa shape index (κ3) is 5.21. The molecule has 136 valence electrons. The lowest BCUT2D eigenvalue weighted by Gasteiger charge is -2.28. The van der Waals surface area contributed by atoms with Gasteiger partial charge < -0.3 is 0 Å². The van der Waals surface area contributed by atoms with Crippen molar-refractivity contribution in [2.75, 3.05) is 0 Å². The van der Waals surface area contributed by atoms with Crippen molar-refractivity contribution in [1.82, 2.24) is 4.98 Å². The highest BCUT2D eigenvalue weighted by Gasteiger charge is 2.21. The largest absolute Gasteiger partial charge is 0.248 e. The lowest BCUT2D eigenvalue weighted by atomic mass is 9.77. The Morgan fingerprint density at radius 3 is 2.27 bits per heavy atom. The predicted octanol–water partition coefficient (Wildman–Crippen LogP) is 6.51. The molecule has 0 radical (unpaired) electrons. The molecule has 0 unspecified atom stereocenters. The number of hydrogen-bond acceptors (Lipinski definition) is 1. The SMILES string of the molecule is CCCc1ccc(C#Cc2ccc([C@H]3CC[C@H](CCC)CC3)cc2)nc1. The quantitative estimate of drug-likeness (QED) is 0.563. The Labute approximate surface area is 159 Å². The van der Waals surface area contributed by atoms with E-state index in [-0.39, 0.29) is 0 Å². The van der Waals surface area contributed by atoms with Gasteiger partial charge in [0.2, 0.25) is 0 Å². The van der Waals surface area contributed by atoms with Gasteiger partial charge in [-0.25, -0.2) is 4.98 Å². The van der Waals surface area contributed by atoms with Crippen molar-refractivity contribution >= 4 is 0 Å². The maximum absolute atomic E-state index is 4.45. The zero-order chi connectivity index (χ0) is 18.2. The Balaban J connectivity index is 1.58. The average Bonchev–Trinajstić information content (AvgIpc) is 2.69. The van der Waals surface area contributed by atoms with Crippen LogP contribution < -0.4 is 0 Å². The summed E-state index contributed by atoms with van der Waals surface area (Å²) in [4.78, 5) is 4.45. The van der Waals surface area contributed by atoms with E-state index in [2.05, 4.69) is 61.0 Å². The molecule has 0 spiro atoms. The van der Waals surface area contributed by atoms with Crippen LogP contribution in [0.2, 0.25) is 0 Å². The topological polar surface area (TPSA) is 12.9 Å². The number of aromatic nitrogens is 1. The second-order valence-electron chi connectivity index (χ2n) is 7.68. The molecule has 1 aliphatic carbocycles. The standard InChI is InChI=1S/C25H31N/c1-3-5-20-7-13-23(14-8-20)24-15-9-21(10-16-24)11-17-25-18-12-22(6-4-2)19-26-25/h9-10,12,15-16,18-20,23H,3-8,13-14H2,1-2H3/t20-,23-. The van der Waals surface area contributed by atoms with Crippen molar-refractivity contribution in [3.8, 4) is 11.8 Å². The van der Waals surface area contributed by atoms with Crippen LogP contribution in [0.3, 0.4) is 0 Å². The Kier molecular flexibility index (Phi) is 6.89. The maximum Gasteiger partial charge on any atom is 0.113 e. The summed E-state index contributed by atoms with van der Waals surface area (Å²) in [6.07, 6.45) is 12.4. The van der Waals surface area contributed by atoms with Crippen LogP contribution in [0.5, 0.6) is 0 Å². The van der Waals surface area contributed by atoms with Crippen LogP contribution in [0.25, 0.3) is 0 Å². The van der Waals surface area contributed by atoms with Gasteiger partial charge in [-0.05, 0) is 79.2 Å². The van der Waals surface area contributed by atoms with E-state index in [4.69, 9.17) is 0 Å². The smallest absolute Gasteiger partial charge is 0.113 e. The lowest BCUT2D eigenvalue weighted by molar-refractivity contribution is 0.308. The molecule has 0 aliphatic heterocycles. The minimum atomic E-state index is 0.748. The van der Waals surface area contributed by atoms with Gasteiger partial charge in [-0.2, -0.15) is 0 Å². The molecule has 0 N–H and O–H groups in total. The Bertz CT molecular complexity index is 722. The second-order valence-corrected chi connectivity index (χ2v) is 7.68. The fourth-order valence-electron chi connectivity index (χ4n) is 4.10. The third-order valence-corrected chi connectivity index (χ3v) is 5.62. The Morgan fingerprint density at radius 2 is 1.65 bits per heavy atom. The predicted molar refractivity (Wildman–Crippen MR) is 110 cm³/mol. The molecule has 1 heterocycles. The van der Waals surface area contributed by atoms with Crippen molar-refractivity contribution < 1.29 is 0 Å². The molecule has 26 heavy (non-hydrogen) atoms. The van der Waals surface area contributed by atoms with Crippen LogP contribution in [-0.4, -0.2) is 4.98 Å². The number of nitrogens with zero attached hydrogens (tertiary/aromatic N) is 1. The van der Waals surface area contributed by atoms with Crippen molar-refractivity contribution in [3.05, 3.63) is 65.0 Å². The summed E-state index contributed by atoms with van der Waals surface area (Å²) in [6.45, 7) is 4.50. The number of hydrogen-bond donors (Lipinski definition) is 0. The molecule has 1 aromatic carbocycles. The Morgan fingerprint density at radius 1 is 0.885 bits per heavy atom. The van der Waals surface area contributed by atoms with Gasteiger partial charge in [0.15, 0.2) is 0 Å². The molecule has 1 aliphatic rings. The lowest BCUT2D eigenvalue weighted by Crippen LogP contribution is -2.13. The van der Waals surface area contributed by atoms with E-state index in [1.54, 1.807) is 0 Å². The molecule has 1 saturated carbocycles. The van der Waals surface area contributed by atoms with Crippen molar-refractivity contribution in [2.24, 2.45) is 5.92 Å². The van der Waals surface area contributed by atoms with E-state index in [1.165, 1.54) is 49.7 Å². The molecule has 1 heteroatoms. The number of benzene rings is 1. The van der Waals surface area contributed by atoms with Crippen LogP contribution in [0.4, 0.5) is 0 Å². The first-order valence-corrected chi connectivity index (χ1v) is 10.4. The van der Waals surface area contributed by atoms with Crippen LogP contribution in [0, 0.1) is 17.8 Å². The highest BCUT2D eigenvalue weighted by molar-refractivity contribution is 5.41. The molecule has 0 bridgehead atoms. The second kappa shape index (κ2) is 9.58. The minimum Gasteiger partial charge on any atom is -0.248 e. The molecule has 0 atom stereocenters. The van der Waals surface area contributed by atoms with E-state index in [0.29, 0.717) is 0 Å². The van der Waals surface area contributed by atoms with Gasteiger partial charge in [0.25, 0.3) is 0 Å². The van der Waals surface area contributed by atoms with Crippen LogP contribution in [0.15, 0.2) is 42.6 Å². The summed E-state index contributed by atoms with van der Waals surface area (Å²) >= 11 is 0. The average molecular weight is 346 g/mol. The molecule has 1 aromatic heterocycles. The van der Waals surface area contributed by atoms with E-state index in [0.717, 1.165) is 35.9 Å². The zero-order valence-electron chi connectivity index (χ0n) is 16.3. The third-order valence-electron chi connectivity index (χ3n) is 5.62. The monoisotopic (exact) mass is 345 g/mol. The highest BCUT2D eigenvalue weighted by atomic mass is 14.7. The van der Waals surface area contributed by atoms with Gasteiger partial charge in [-0.1, -0.05) is 57.2 Å². The summed E-state index contributed by atoms with van der Waals surface area (Å²) in [6, 6.07) is 13.1. The minimum absolute atomic E-state index is 0.748. The van der Waals surface area contributed by atoms with Crippen LogP contribution >= 0.6 is 0 Å². The first kappa shape index (κ1) is 18.7.